The Hall–Kier alpha value is -2.50. The summed E-state index contributed by atoms with van der Waals surface area (Å²) >= 11 is 0. The van der Waals surface area contributed by atoms with Crippen LogP contribution in [0.1, 0.15) is 41.6 Å². The predicted molar refractivity (Wildman–Crippen MR) is 73.8 cm³/mol. The molecule has 3 rings (SSSR count). The standard InChI is InChI=1S/C15H14N2O4/c1-8-10-6-9(2-3-11(10)16-15(8)21)12(18)7-17-13(19)4-5-14(17)20/h2-3,6,8H,4-5,7H2,1H3,(H,16,21)/t8-/m0/s1. The van der Waals surface area contributed by atoms with E-state index in [-0.39, 0.29) is 48.8 Å². The molecule has 0 bridgehead atoms. The van der Waals surface area contributed by atoms with Crippen LogP contribution >= 0.6 is 0 Å². The molecule has 0 radical (unpaired) electrons. The summed E-state index contributed by atoms with van der Waals surface area (Å²) in [5, 5.41) is 2.73. The van der Waals surface area contributed by atoms with Crippen molar-refractivity contribution in [1.82, 2.24) is 4.90 Å². The van der Waals surface area contributed by atoms with Crippen molar-refractivity contribution in [3.8, 4) is 0 Å². The molecule has 1 atom stereocenters. The first kappa shape index (κ1) is 13.5. The van der Waals surface area contributed by atoms with Crippen LogP contribution in [0.3, 0.4) is 0 Å². The van der Waals surface area contributed by atoms with Crippen LogP contribution in [0, 0.1) is 0 Å². The number of benzene rings is 1. The quantitative estimate of drug-likeness (QED) is 0.665. The van der Waals surface area contributed by atoms with Crippen LogP contribution in [0.25, 0.3) is 0 Å². The molecular formula is C15H14N2O4. The van der Waals surface area contributed by atoms with Gasteiger partial charge in [-0.1, -0.05) is 0 Å². The lowest BCUT2D eigenvalue weighted by Crippen LogP contribution is -2.34. The molecule has 0 aliphatic carbocycles. The SMILES string of the molecule is C[C@@H]1C(=O)Nc2ccc(C(=O)CN3C(=O)CCC3=O)cc21. The number of hydrogen-bond donors (Lipinski definition) is 1. The molecule has 2 aliphatic heterocycles. The number of rotatable bonds is 3. The molecule has 1 aromatic rings. The lowest BCUT2D eigenvalue weighted by Gasteiger charge is -2.13. The van der Waals surface area contributed by atoms with Gasteiger partial charge in [0.05, 0.1) is 12.5 Å². The Kier molecular flexibility index (Phi) is 3.08. The topological polar surface area (TPSA) is 83.6 Å². The van der Waals surface area contributed by atoms with Crippen molar-refractivity contribution in [2.24, 2.45) is 0 Å². The number of ketones is 1. The molecule has 2 heterocycles. The first-order valence-corrected chi connectivity index (χ1v) is 6.78. The average Bonchev–Trinajstić information content (AvgIpc) is 2.93. The monoisotopic (exact) mass is 286 g/mol. The third-order valence-corrected chi connectivity index (χ3v) is 3.95. The largest absolute Gasteiger partial charge is 0.325 e. The summed E-state index contributed by atoms with van der Waals surface area (Å²) in [6, 6.07) is 4.94. The zero-order chi connectivity index (χ0) is 15.1. The zero-order valence-corrected chi connectivity index (χ0v) is 11.5. The Bertz CT molecular complexity index is 664. The van der Waals surface area contributed by atoms with E-state index in [0.717, 1.165) is 10.5 Å². The van der Waals surface area contributed by atoms with Crippen molar-refractivity contribution in [3.05, 3.63) is 29.3 Å². The van der Waals surface area contributed by atoms with Crippen molar-refractivity contribution < 1.29 is 19.2 Å². The van der Waals surface area contributed by atoms with Crippen molar-refractivity contribution in [1.29, 1.82) is 0 Å². The van der Waals surface area contributed by atoms with Gasteiger partial charge in [0.15, 0.2) is 5.78 Å². The van der Waals surface area contributed by atoms with E-state index in [9.17, 15) is 19.2 Å². The summed E-state index contributed by atoms with van der Waals surface area (Å²) in [5.41, 5.74) is 1.88. The Labute approximate surface area is 121 Å². The lowest BCUT2D eigenvalue weighted by molar-refractivity contribution is -0.137. The number of likely N-dealkylation sites (tertiary alicyclic amines) is 1. The molecule has 0 spiro atoms. The fourth-order valence-corrected chi connectivity index (χ4v) is 2.62. The van der Waals surface area contributed by atoms with Crippen LogP contribution in [-0.4, -0.2) is 34.9 Å². The Balaban J connectivity index is 1.82. The number of nitrogens with one attached hydrogen (secondary N) is 1. The Morgan fingerprint density at radius 2 is 1.90 bits per heavy atom. The highest BCUT2D eigenvalue weighted by Crippen LogP contribution is 2.32. The molecule has 1 saturated heterocycles. The van der Waals surface area contributed by atoms with E-state index < -0.39 is 0 Å². The van der Waals surface area contributed by atoms with Crippen LogP contribution < -0.4 is 5.32 Å². The third kappa shape index (κ3) is 2.22. The number of hydrogen-bond acceptors (Lipinski definition) is 4. The smallest absolute Gasteiger partial charge is 0.231 e. The molecule has 21 heavy (non-hydrogen) atoms. The second-order valence-corrected chi connectivity index (χ2v) is 5.31. The highest BCUT2D eigenvalue weighted by Gasteiger charge is 2.32. The maximum absolute atomic E-state index is 12.2. The van der Waals surface area contributed by atoms with Gasteiger partial charge in [0.25, 0.3) is 0 Å². The third-order valence-electron chi connectivity index (χ3n) is 3.95. The Morgan fingerprint density at radius 3 is 2.57 bits per heavy atom. The minimum absolute atomic E-state index is 0.0977. The van der Waals surface area contributed by atoms with Gasteiger partial charge in [0, 0.05) is 24.1 Å². The van der Waals surface area contributed by atoms with Gasteiger partial charge in [-0.05, 0) is 30.7 Å². The van der Waals surface area contributed by atoms with E-state index in [4.69, 9.17) is 0 Å². The minimum atomic E-state index is -0.306. The van der Waals surface area contributed by atoms with Crippen LogP contribution in [0.15, 0.2) is 18.2 Å². The minimum Gasteiger partial charge on any atom is -0.325 e. The number of carbonyl (C=O) groups excluding carboxylic acids is 4. The van der Waals surface area contributed by atoms with Gasteiger partial charge >= 0.3 is 0 Å². The normalized spacial score (nSPS) is 20.7. The molecule has 108 valence electrons. The van der Waals surface area contributed by atoms with Gasteiger partial charge in [-0.2, -0.15) is 0 Å². The summed E-state index contributed by atoms with van der Waals surface area (Å²) < 4.78 is 0. The number of fused-ring (bicyclic) bond motifs is 1. The van der Waals surface area contributed by atoms with E-state index in [2.05, 4.69) is 5.32 Å². The van der Waals surface area contributed by atoms with E-state index >= 15 is 0 Å². The molecule has 6 nitrogen and oxygen atoms in total. The van der Waals surface area contributed by atoms with Crippen molar-refractivity contribution in [2.75, 3.05) is 11.9 Å². The lowest BCUT2D eigenvalue weighted by atomic mass is 9.99. The van der Waals surface area contributed by atoms with E-state index in [0.29, 0.717) is 11.3 Å². The maximum Gasteiger partial charge on any atom is 0.231 e. The highest BCUT2D eigenvalue weighted by atomic mass is 16.2. The number of nitrogens with zero attached hydrogens (tertiary/aromatic N) is 1. The molecule has 6 heteroatoms. The number of anilines is 1. The van der Waals surface area contributed by atoms with Crippen molar-refractivity contribution in [2.45, 2.75) is 25.7 Å². The van der Waals surface area contributed by atoms with Gasteiger partial charge in [0.2, 0.25) is 17.7 Å². The summed E-state index contributed by atoms with van der Waals surface area (Å²) in [6.45, 7) is 1.54. The summed E-state index contributed by atoms with van der Waals surface area (Å²) in [5.74, 6) is -1.31. The predicted octanol–water partition coefficient (Wildman–Crippen LogP) is 1.07. The molecule has 3 amide bonds. The van der Waals surface area contributed by atoms with Crippen LogP contribution in [0.5, 0.6) is 0 Å². The van der Waals surface area contributed by atoms with E-state index in [1.54, 1.807) is 25.1 Å². The molecule has 1 aromatic carbocycles. The number of carbonyl (C=O) groups is 4. The van der Waals surface area contributed by atoms with Crippen molar-refractivity contribution in [3.63, 3.8) is 0 Å². The molecule has 1 fully saturated rings. The second-order valence-electron chi connectivity index (χ2n) is 5.31. The Morgan fingerprint density at radius 1 is 1.24 bits per heavy atom. The van der Waals surface area contributed by atoms with Gasteiger partial charge in [0.1, 0.15) is 0 Å². The molecular weight excluding hydrogens is 272 g/mol. The molecule has 0 unspecified atom stereocenters. The molecule has 1 N–H and O–H groups in total. The number of Topliss-reactive ketones (excluding diaryl/α,β-unsaturated/α-hetero) is 1. The zero-order valence-electron chi connectivity index (χ0n) is 11.5. The molecule has 0 saturated carbocycles. The average molecular weight is 286 g/mol. The molecule has 0 aromatic heterocycles. The first-order valence-electron chi connectivity index (χ1n) is 6.78. The van der Waals surface area contributed by atoms with Gasteiger partial charge < -0.3 is 5.32 Å². The van der Waals surface area contributed by atoms with Crippen molar-refractivity contribution >= 4 is 29.2 Å². The first-order chi connectivity index (χ1) is 9.97. The van der Waals surface area contributed by atoms with E-state index in [1.807, 2.05) is 0 Å². The fraction of sp³-hybridized carbons (Fsp3) is 0.333. The number of imide groups is 1. The van der Waals surface area contributed by atoms with Gasteiger partial charge in [-0.15, -0.1) is 0 Å². The molecule has 2 aliphatic rings. The number of amides is 3. The second kappa shape index (κ2) is 4.80. The van der Waals surface area contributed by atoms with Crippen LogP contribution in [-0.2, 0) is 14.4 Å². The fourth-order valence-electron chi connectivity index (χ4n) is 2.62. The summed E-state index contributed by atoms with van der Waals surface area (Å²) in [4.78, 5) is 47.9. The summed E-state index contributed by atoms with van der Waals surface area (Å²) in [7, 11) is 0. The van der Waals surface area contributed by atoms with Crippen LogP contribution in [0.4, 0.5) is 5.69 Å². The van der Waals surface area contributed by atoms with E-state index in [1.165, 1.54) is 0 Å². The summed E-state index contributed by atoms with van der Waals surface area (Å²) in [6.07, 6.45) is 0.345. The maximum atomic E-state index is 12.2. The highest BCUT2D eigenvalue weighted by molar-refractivity contribution is 6.09. The van der Waals surface area contributed by atoms with Gasteiger partial charge in [-0.3, -0.25) is 24.1 Å². The van der Waals surface area contributed by atoms with Crippen LogP contribution in [0.2, 0.25) is 0 Å². The van der Waals surface area contributed by atoms with Gasteiger partial charge in [-0.25, -0.2) is 0 Å².